The first-order valence-corrected chi connectivity index (χ1v) is 10.8. The van der Waals surface area contributed by atoms with Crippen molar-refractivity contribution in [3.05, 3.63) is 60.0 Å². The molecule has 1 atom stereocenters. The summed E-state index contributed by atoms with van der Waals surface area (Å²) < 4.78 is 7.62. The average molecular weight is 399 g/mol. The van der Waals surface area contributed by atoms with E-state index < -0.39 is 0 Å². The molecule has 148 valence electrons. The topological polar surface area (TPSA) is 68.5 Å². The SMILES string of the molecule is CSCCC(NC(=O)COc1cccc(C(C)C)c1)c1nnc2ccccn12. The van der Waals surface area contributed by atoms with Crippen molar-refractivity contribution in [2.45, 2.75) is 32.2 Å². The van der Waals surface area contributed by atoms with Gasteiger partial charge in [-0.3, -0.25) is 9.20 Å². The van der Waals surface area contributed by atoms with Crippen molar-refractivity contribution in [1.29, 1.82) is 0 Å². The average Bonchev–Trinajstić information content (AvgIpc) is 3.14. The third kappa shape index (κ3) is 5.04. The molecule has 0 fully saturated rings. The van der Waals surface area contributed by atoms with Crippen LogP contribution in [-0.4, -0.2) is 39.1 Å². The van der Waals surface area contributed by atoms with Crippen LogP contribution in [0.5, 0.6) is 5.75 Å². The summed E-state index contributed by atoms with van der Waals surface area (Å²) in [7, 11) is 0. The van der Waals surface area contributed by atoms with Crippen LogP contribution in [0.3, 0.4) is 0 Å². The Bertz CT molecular complexity index is 925. The number of pyridine rings is 1. The predicted octanol–water partition coefficient (Wildman–Crippen LogP) is 3.84. The highest BCUT2D eigenvalue weighted by molar-refractivity contribution is 7.98. The number of hydrogen-bond donors (Lipinski definition) is 1. The largest absolute Gasteiger partial charge is 0.484 e. The number of aromatic nitrogens is 3. The molecular formula is C21H26N4O2S. The molecule has 1 aromatic carbocycles. The Hall–Kier alpha value is -2.54. The van der Waals surface area contributed by atoms with E-state index in [9.17, 15) is 4.79 Å². The number of amides is 1. The molecule has 0 aliphatic heterocycles. The normalized spacial score (nSPS) is 12.3. The lowest BCUT2D eigenvalue weighted by atomic mass is 10.0. The van der Waals surface area contributed by atoms with Gasteiger partial charge in [0.15, 0.2) is 18.1 Å². The minimum atomic E-state index is -0.219. The van der Waals surface area contributed by atoms with Crippen LogP contribution in [0, 0.1) is 0 Å². The highest BCUT2D eigenvalue weighted by Gasteiger charge is 2.20. The first kappa shape index (κ1) is 20.2. The van der Waals surface area contributed by atoms with Gasteiger partial charge < -0.3 is 10.1 Å². The summed E-state index contributed by atoms with van der Waals surface area (Å²) in [5.41, 5.74) is 1.95. The number of thioether (sulfide) groups is 1. The van der Waals surface area contributed by atoms with Crippen molar-refractivity contribution in [1.82, 2.24) is 19.9 Å². The lowest BCUT2D eigenvalue weighted by Crippen LogP contribution is -2.34. The zero-order valence-electron chi connectivity index (χ0n) is 16.5. The first-order valence-electron chi connectivity index (χ1n) is 9.39. The molecule has 3 rings (SSSR count). The maximum Gasteiger partial charge on any atom is 0.258 e. The van der Waals surface area contributed by atoms with Crippen molar-refractivity contribution in [3.63, 3.8) is 0 Å². The highest BCUT2D eigenvalue weighted by Crippen LogP contribution is 2.21. The molecule has 1 N–H and O–H groups in total. The molecule has 0 aliphatic carbocycles. The van der Waals surface area contributed by atoms with Gasteiger partial charge in [-0.25, -0.2) is 0 Å². The highest BCUT2D eigenvalue weighted by atomic mass is 32.2. The maximum absolute atomic E-state index is 12.5. The Labute approximate surface area is 169 Å². The molecule has 1 amide bonds. The number of hydrogen-bond acceptors (Lipinski definition) is 5. The summed E-state index contributed by atoms with van der Waals surface area (Å²) >= 11 is 1.73. The van der Waals surface area contributed by atoms with Gasteiger partial charge in [0.2, 0.25) is 0 Å². The molecule has 0 aliphatic rings. The second-order valence-electron chi connectivity index (χ2n) is 6.90. The fourth-order valence-electron chi connectivity index (χ4n) is 2.95. The molecule has 7 heteroatoms. The van der Waals surface area contributed by atoms with Crippen molar-refractivity contribution in [2.24, 2.45) is 0 Å². The van der Waals surface area contributed by atoms with Crippen LogP contribution in [0.4, 0.5) is 0 Å². The maximum atomic E-state index is 12.5. The predicted molar refractivity (Wildman–Crippen MR) is 113 cm³/mol. The summed E-state index contributed by atoms with van der Waals surface area (Å²) in [4.78, 5) is 12.5. The van der Waals surface area contributed by atoms with Gasteiger partial charge in [0.05, 0.1) is 6.04 Å². The van der Waals surface area contributed by atoms with E-state index in [1.807, 2.05) is 53.3 Å². The number of carbonyl (C=O) groups is 1. The van der Waals surface area contributed by atoms with Crippen LogP contribution >= 0.6 is 11.8 Å². The van der Waals surface area contributed by atoms with E-state index in [0.29, 0.717) is 11.7 Å². The van der Waals surface area contributed by atoms with Crippen molar-refractivity contribution < 1.29 is 9.53 Å². The lowest BCUT2D eigenvalue weighted by Gasteiger charge is -2.17. The van der Waals surface area contributed by atoms with Crippen molar-refractivity contribution in [3.8, 4) is 5.75 Å². The molecular weight excluding hydrogens is 372 g/mol. The van der Waals surface area contributed by atoms with Crippen molar-refractivity contribution in [2.75, 3.05) is 18.6 Å². The summed E-state index contributed by atoms with van der Waals surface area (Å²) in [5.74, 6) is 2.59. The molecule has 0 saturated heterocycles. The fraction of sp³-hybridized carbons (Fsp3) is 0.381. The van der Waals surface area contributed by atoms with Crippen LogP contribution in [0.25, 0.3) is 5.65 Å². The fourth-order valence-corrected chi connectivity index (χ4v) is 3.42. The Morgan fingerprint density at radius 3 is 2.86 bits per heavy atom. The summed E-state index contributed by atoms with van der Waals surface area (Å²) in [5, 5.41) is 11.6. The van der Waals surface area contributed by atoms with E-state index in [4.69, 9.17) is 4.74 Å². The Morgan fingerprint density at radius 1 is 1.21 bits per heavy atom. The minimum Gasteiger partial charge on any atom is -0.484 e. The molecule has 2 aromatic heterocycles. The summed E-state index contributed by atoms with van der Waals surface area (Å²) in [6, 6.07) is 13.4. The number of benzene rings is 1. The van der Waals surface area contributed by atoms with Crippen LogP contribution < -0.4 is 10.1 Å². The monoisotopic (exact) mass is 398 g/mol. The molecule has 1 unspecified atom stereocenters. The second kappa shape index (κ2) is 9.59. The van der Waals surface area contributed by atoms with Crippen LogP contribution in [0.2, 0.25) is 0 Å². The van der Waals surface area contributed by atoms with E-state index in [1.165, 1.54) is 5.56 Å². The summed E-state index contributed by atoms with van der Waals surface area (Å²) in [6.45, 7) is 4.23. The van der Waals surface area contributed by atoms with E-state index >= 15 is 0 Å². The molecule has 0 bridgehead atoms. The van der Waals surface area contributed by atoms with Crippen LogP contribution in [0.15, 0.2) is 48.7 Å². The minimum absolute atomic E-state index is 0.0337. The third-order valence-electron chi connectivity index (χ3n) is 4.49. The number of carbonyl (C=O) groups excluding carboxylic acids is 1. The molecule has 2 heterocycles. The van der Waals surface area contributed by atoms with E-state index in [0.717, 1.165) is 23.6 Å². The molecule has 3 aromatic rings. The van der Waals surface area contributed by atoms with Gasteiger partial charge in [-0.05, 0) is 54.2 Å². The smallest absolute Gasteiger partial charge is 0.258 e. The quantitative estimate of drug-likeness (QED) is 0.593. The molecule has 6 nitrogen and oxygen atoms in total. The molecule has 0 saturated carbocycles. The number of fused-ring (bicyclic) bond motifs is 1. The van der Waals surface area contributed by atoms with Gasteiger partial charge in [-0.1, -0.05) is 32.0 Å². The van der Waals surface area contributed by atoms with Crippen molar-refractivity contribution >= 4 is 23.3 Å². The second-order valence-corrected chi connectivity index (χ2v) is 7.89. The third-order valence-corrected chi connectivity index (χ3v) is 5.14. The van der Waals surface area contributed by atoms with Crippen LogP contribution in [0.1, 0.15) is 43.6 Å². The van der Waals surface area contributed by atoms with E-state index in [1.54, 1.807) is 11.8 Å². The number of nitrogens with one attached hydrogen (secondary N) is 1. The van der Waals surface area contributed by atoms with Gasteiger partial charge in [0, 0.05) is 6.20 Å². The molecule has 28 heavy (non-hydrogen) atoms. The zero-order valence-corrected chi connectivity index (χ0v) is 17.3. The number of nitrogens with zero attached hydrogens (tertiary/aromatic N) is 3. The molecule has 0 spiro atoms. The standard InChI is InChI=1S/C21H26N4O2S/c1-15(2)16-7-6-8-17(13-16)27-14-20(26)22-18(10-12-28-3)21-24-23-19-9-4-5-11-25(19)21/h4-9,11,13,15,18H,10,12,14H2,1-3H3,(H,22,26). The first-order chi connectivity index (χ1) is 13.6. The van der Waals surface area contributed by atoms with Gasteiger partial charge in [-0.2, -0.15) is 11.8 Å². The number of rotatable bonds is 9. The Morgan fingerprint density at radius 2 is 2.07 bits per heavy atom. The molecule has 0 radical (unpaired) electrons. The Kier molecular flexibility index (Phi) is 6.92. The number of ether oxygens (including phenoxy) is 1. The van der Waals surface area contributed by atoms with Gasteiger partial charge >= 0.3 is 0 Å². The Balaban J connectivity index is 1.67. The van der Waals surface area contributed by atoms with Gasteiger partial charge in [-0.15, -0.1) is 10.2 Å². The summed E-state index contributed by atoms with van der Waals surface area (Å²) in [6.07, 6.45) is 4.73. The van der Waals surface area contributed by atoms with Gasteiger partial charge in [0.1, 0.15) is 5.75 Å². The van der Waals surface area contributed by atoms with E-state index in [2.05, 4.69) is 35.4 Å². The van der Waals surface area contributed by atoms with Crippen LogP contribution in [-0.2, 0) is 4.79 Å². The zero-order chi connectivity index (χ0) is 19.9. The lowest BCUT2D eigenvalue weighted by molar-refractivity contribution is -0.123. The van der Waals surface area contributed by atoms with Gasteiger partial charge in [0.25, 0.3) is 5.91 Å². The van der Waals surface area contributed by atoms with E-state index in [-0.39, 0.29) is 18.6 Å².